The van der Waals surface area contributed by atoms with Gasteiger partial charge in [-0.2, -0.15) is 8.91 Å². The summed E-state index contributed by atoms with van der Waals surface area (Å²) in [6.07, 6.45) is 9.13. The molecular weight excluding hydrogens is 1100 g/mol. The molecule has 0 fully saturated rings. The molecule has 74 heavy (non-hydrogen) atoms. The van der Waals surface area contributed by atoms with Crippen LogP contribution in [0.15, 0.2) is 134 Å². The third-order valence-electron chi connectivity index (χ3n) is 12.7. The van der Waals surface area contributed by atoms with Crippen molar-refractivity contribution in [3.63, 3.8) is 0 Å². The van der Waals surface area contributed by atoms with Gasteiger partial charge in [0.1, 0.15) is 38.3 Å². The molecule has 0 atom stereocenters. The minimum Gasteiger partial charge on any atom is -0.748 e. The third kappa shape index (κ3) is 16.0. The van der Waals surface area contributed by atoms with Crippen molar-refractivity contribution < 1.29 is 194 Å². The smallest absolute Gasteiger partial charge is 0.748 e. The van der Waals surface area contributed by atoms with E-state index in [4.69, 9.17) is 4.74 Å². The fraction of sp³-hybridized carbons (Fsp3) is 0.340. The van der Waals surface area contributed by atoms with E-state index in [1.54, 1.807) is 24.3 Å². The van der Waals surface area contributed by atoms with Crippen LogP contribution in [-0.2, 0) is 60.7 Å². The molecule has 2 heterocycles. The van der Waals surface area contributed by atoms with Crippen LogP contribution in [0, 0.1) is 0 Å². The molecule has 18 nitrogen and oxygen atoms in total. The zero-order valence-corrected chi connectivity index (χ0v) is 54.4. The summed E-state index contributed by atoms with van der Waals surface area (Å²) in [4.78, 5) is 1.61. The Morgan fingerprint density at radius 2 is 1.34 bits per heavy atom. The predicted molar refractivity (Wildman–Crippen MR) is 254 cm³/mol. The molecule has 4 aromatic rings. The number of nitrogens with zero attached hydrogens (tertiary/aromatic N) is 2. The van der Waals surface area contributed by atoms with Gasteiger partial charge >= 0.3 is 118 Å². The summed E-state index contributed by atoms with van der Waals surface area (Å²) in [5.74, 6) is -0.476. The summed E-state index contributed by atoms with van der Waals surface area (Å²) in [7, 11) is -18.7. The molecule has 0 N–H and O–H groups in total. The van der Waals surface area contributed by atoms with Crippen molar-refractivity contribution in [2.45, 2.75) is 91.7 Å². The number of unbranched alkanes of at least 4 members (excludes halogenated alkanes) is 2. The number of rotatable bonds is 20. The van der Waals surface area contributed by atoms with Gasteiger partial charge in [0.25, 0.3) is 0 Å². The number of benzene rings is 4. The second-order valence-corrected chi connectivity index (χ2v) is 24.6. The number of hydrogen-bond donors (Lipinski definition) is 0. The maximum Gasteiger partial charge on any atom is 1.00 e. The van der Waals surface area contributed by atoms with Gasteiger partial charge in [0.15, 0.2) is 5.71 Å². The average molecular weight is 1150 g/mol. The van der Waals surface area contributed by atoms with Crippen LogP contribution in [-0.4, -0.2) is 86.8 Å². The van der Waals surface area contributed by atoms with Crippen LogP contribution in [0.3, 0.4) is 0 Å². The molecule has 0 saturated carbocycles. The first-order valence-electron chi connectivity index (χ1n) is 21.9. The van der Waals surface area contributed by atoms with Gasteiger partial charge in [-0.1, -0.05) is 44.2 Å². The SMILES string of the molecule is CC1(C)C(C=CC2=C(Oc3cccc4c(S(=O)(=O)[O-])cccc34)C(=C/C=C3/N(CCCCS(=O)(=O)[O-])c4ccc(S(=O)(=O)[O-])cc4C3(C)C)CC2)=[N+](CCCCS(=O)(=O)[O-])c2ccc(SOO[O-])cc21.[Na+].[Na+].[Na+].[Na+]. The van der Waals surface area contributed by atoms with Gasteiger partial charge in [-0.25, -0.2) is 33.7 Å². The van der Waals surface area contributed by atoms with Gasteiger partial charge in [0.05, 0.1) is 47.5 Å². The van der Waals surface area contributed by atoms with E-state index < -0.39 is 72.6 Å². The summed E-state index contributed by atoms with van der Waals surface area (Å²) >= 11 is 0.728. The first kappa shape index (κ1) is 67.5. The van der Waals surface area contributed by atoms with E-state index in [1.807, 2.05) is 73.6 Å². The Morgan fingerprint density at radius 1 is 0.689 bits per heavy atom. The zero-order valence-electron chi connectivity index (χ0n) is 42.3. The fourth-order valence-electron chi connectivity index (χ4n) is 9.33. The van der Waals surface area contributed by atoms with E-state index in [0.29, 0.717) is 69.9 Å². The number of ether oxygens (including phenoxy) is 1. The van der Waals surface area contributed by atoms with Gasteiger partial charge in [-0.05, 0) is 117 Å². The summed E-state index contributed by atoms with van der Waals surface area (Å²) in [6, 6.07) is 18.5. The molecular formula is C47H48N2Na4O16S5. The molecule has 376 valence electrons. The normalized spacial score (nSPS) is 17.3. The van der Waals surface area contributed by atoms with Crippen LogP contribution < -0.4 is 133 Å². The molecule has 0 spiro atoms. The Hall–Kier alpha value is -0.760. The summed E-state index contributed by atoms with van der Waals surface area (Å²) in [5.41, 5.74) is 4.00. The van der Waals surface area contributed by atoms with Crippen molar-refractivity contribution in [1.82, 2.24) is 0 Å². The molecule has 7 rings (SSSR count). The van der Waals surface area contributed by atoms with E-state index in [1.165, 1.54) is 36.4 Å². The Bertz CT molecular complexity index is 3380. The number of fused-ring (bicyclic) bond motifs is 3. The molecule has 4 aromatic carbocycles. The van der Waals surface area contributed by atoms with E-state index in [9.17, 15) is 57.1 Å². The molecule has 27 heteroatoms. The van der Waals surface area contributed by atoms with Crippen molar-refractivity contribution in [2.75, 3.05) is 29.5 Å². The van der Waals surface area contributed by atoms with Crippen LogP contribution in [0.25, 0.3) is 10.8 Å². The quantitative estimate of drug-likeness (QED) is 0.0152. The molecule has 0 unspecified atom stereocenters. The molecule has 3 aliphatic rings. The van der Waals surface area contributed by atoms with Crippen molar-refractivity contribution in [2.24, 2.45) is 0 Å². The maximum atomic E-state index is 12.3. The Morgan fingerprint density at radius 3 is 1.97 bits per heavy atom. The van der Waals surface area contributed by atoms with Crippen LogP contribution >= 0.6 is 12.0 Å². The minimum absolute atomic E-state index is 0. The Kier molecular flexibility index (Phi) is 24.8. The Balaban J connectivity index is 0.00000361. The first-order valence-corrected chi connectivity index (χ1v) is 28.6. The minimum atomic E-state index is -4.89. The fourth-order valence-corrected chi connectivity index (χ4v) is 12.0. The molecule has 1 aliphatic carbocycles. The topological polar surface area (TPSA) is 286 Å². The van der Waals surface area contributed by atoms with Crippen molar-refractivity contribution in [3.8, 4) is 5.75 Å². The Labute approximate surface area is 525 Å². The summed E-state index contributed by atoms with van der Waals surface area (Å²) < 4.78 is 156. The van der Waals surface area contributed by atoms with Crippen LogP contribution in [0.5, 0.6) is 5.75 Å². The van der Waals surface area contributed by atoms with E-state index >= 15 is 0 Å². The number of anilines is 1. The van der Waals surface area contributed by atoms with E-state index in [0.717, 1.165) is 29.0 Å². The average Bonchev–Trinajstić information content (AvgIpc) is 3.82. The van der Waals surface area contributed by atoms with Gasteiger partial charge in [0, 0.05) is 74.6 Å². The molecule has 0 saturated heterocycles. The third-order valence-corrected chi connectivity index (χ3v) is 16.6. The van der Waals surface area contributed by atoms with Crippen molar-refractivity contribution >= 4 is 80.4 Å². The monoisotopic (exact) mass is 1150 g/mol. The standard InChI is InChI=1S/C47H52N2O16S5.4Na/c1-46(2)37-29-33(66-65-64-50)19-21-39(37)48(25-5-7-27-67(51,52)53)43(46)23-17-31-15-16-32(45(31)63-41-13-9-12-36-35(41)11-10-14-42(36)70(60,61)62)18-24-44-47(3,4)38-30-34(69(57,58)59)20-22-40(38)49(44)26-6-8-28-68(54,55)56;;;;/h9-14,17-24,29-30H,5-8,15-16,25-28H2,1-4H3,(H4-,50,51,52,53,54,55,56,57,58,59,60,61,62);;;;/q;4*+1/p-4. The van der Waals surface area contributed by atoms with Crippen molar-refractivity contribution in [3.05, 3.63) is 131 Å². The van der Waals surface area contributed by atoms with E-state index in [2.05, 4.69) is 9.37 Å². The number of allylic oxidation sites excluding steroid dienone is 7. The largest absolute Gasteiger partial charge is 1.00 e. The molecule has 0 aromatic heterocycles. The van der Waals surface area contributed by atoms with Gasteiger partial charge in [-0.3, -0.25) is 5.04 Å². The zero-order chi connectivity index (χ0) is 51.0. The number of hydrogen-bond acceptors (Lipinski definition) is 18. The summed E-state index contributed by atoms with van der Waals surface area (Å²) in [5, 5.41) is 14.7. The van der Waals surface area contributed by atoms with Crippen LogP contribution in [0.4, 0.5) is 11.4 Å². The molecule has 2 aliphatic heterocycles. The molecule has 0 bridgehead atoms. The van der Waals surface area contributed by atoms with Gasteiger partial charge in [-0.15, -0.1) is 0 Å². The maximum absolute atomic E-state index is 12.3. The predicted octanol–water partition coefficient (Wildman–Crippen LogP) is -5.79. The second kappa shape index (κ2) is 27.1. The second-order valence-electron chi connectivity index (χ2n) is 18.0. The molecule has 0 amide bonds. The van der Waals surface area contributed by atoms with Crippen molar-refractivity contribution in [1.29, 1.82) is 0 Å². The van der Waals surface area contributed by atoms with E-state index in [-0.39, 0.29) is 155 Å². The van der Waals surface area contributed by atoms with Gasteiger partial charge < -0.3 is 33.1 Å². The molecule has 0 radical (unpaired) electrons. The summed E-state index contributed by atoms with van der Waals surface area (Å²) in [6.45, 7) is 8.26. The van der Waals surface area contributed by atoms with Gasteiger partial charge in [0.2, 0.25) is 5.69 Å². The van der Waals surface area contributed by atoms with Crippen LogP contribution in [0.2, 0.25) is 0 Å². The first-order chi connectivity index (χ1) is 32.7. The van der Waals surface area contributed by atoms with Crippen LogP contribution in [0.1, 0.15) is 77.3 Å².